The zero-order valence-electron chi connectivity index (χ0n) is 10.3. The van der Waals surface area contributed by atoms with Gasteiger partial charge in [-0.15, -0.1) is 10.2 Å². The average molecular weight is 245 g/mol. The summed E-state index contributed by atoms with van der Waals surface area (Å²) in [7, 11) is 1.83. The lowest BCUT2D eigenvalue weighted by Crippen LogP contribution is -2.25. The molecule has 2 rings (SSSR count). The first-order valence-electron chi connectivity index (χ1n) is 5.55. The molecule has 6 heteroatoms. The molecule has 1 aromatic heterocycles. The molecule has 0 unspecified atom stereocenters. The highest BCUT2D eigenvalue weighted by Crippen LogP contribution is 2.12. The molecule has 6 nitrogen and oxygen atoms in total. The Morgan fingerprint density at radius 2 is 2.28 bits per heavy atom. The van der Waals surface area contributed by atoms with Gasteiger partial charge in [0.05, 0.1) is 6.54 Å². The van der Waals surface area contributed by atoms with Gasteiger partial charge in [-0.25, -0.2) is 0 Å². The molecule has 0 radical (unpaired) electrons. The number of carbonyl (C=O) groups is 1. The first-order valence-corrected chi connectivity index (χ1v) is 5.55. The van der Waals surface area contributed by atoms with Gasteiger partial charge in [-0.1, -0.05) is 0 Å². The van der Waals surface area contributed by atoms with Gasteiger partial charge in [0.25, 0.3) is 5.91 Å². The summed E-state index contributed by atoms with van der Waals surface area (Å²) in [5, 5.41) is 10.4. The number of nitrogens with two attached hydrogens (primary N) is 1. The van der Waals surface area contributed by atoms with Gasteiger partial charge in [-0.05, 0) is 30.7 Å². The fourth-order valence-electron chi connectivity index (χ4n) is 1.66. The SMILES string of the molecule is Cc1cc(N)ccc1C(=O)NCc1nncn1C. The smallest absolute Gasteiger partial charge is 0.251 e. The maximum atomic E-state index is 12.0. The molecule has 0 aliphatic rings. The summed E-state index contributed by atoms with van der Waals surface area (Å²) >= 11 is 0. The molecule has 0 spiro atoms. The highest BCUT2D eigenvalue weighted by Gasteiger charge is 2.10. The molecule has 18 heavy (non-hydrogen) atoms. The number of nitrogens with one attached hydrogen (secondary N) is 1. The van der Waals surface area contributed by atoms with E-state index in [9.17, 15) is 4.79 Å². The van der Waals surface area contributed by atoms with Crippen LogP contribution in [0, 0.1) is 6.92 Å². The van der Waals surface area contributed by atoms with Crippen LogP contribution in [0.1, 0.15) is 21.7 Å². The van der Waals surface area contributed by atoms with Gasteiger partial charge in [-0.3, -0.25) is 4.79 Å². The second kappa shape index (κ2) is 4.87. The molecule has 3 N–H and O–H groups in total. The predicted octanol–water partition coefficient (Wildman–Crippen LogP) is 0.636. The number of aryl methyl sites for hydroxylation is 2. The predicted molar refractivity (Wildman–Crippen MR) is 67.8 cm³/mol. The molecule has 2 aromatic rings. The average Bonchev–Trinajstić information content (AvgIpc) is 2.72. The van der Waals surface area contributed by atoms with Crippen molar-refractivity contribution in [2.75, 3.05) is 5.73 Å². The molecular formula is C12H15N5O. The third-order valence-corrected chi connectivity index (χ3v) is 2.71. The van der Waals surface area contributed by atoms with E-state index in [-0.39, 0.29) is 5.91 Å². The molecule has 0 atom stereocenters. The minimum absolute atomic E-state index is 0.143. The first kappa shape index (κ1) is 12.1. The van der Waals surface area contributed by atoms with E-state index in [4.69, 9.17) is 5.73 Å². The van der Waals surface area contributed by atoms with Crippen molar-refractivity contribution in [3.63, 3.8) is 0 Å². The van der Waals surface area contributed by atoms with Crippen LogP contribution in [0.25, 0.3) is 0 Å². The van der Waals surface area contributed by atoms with Crippen LogP contribution in [-0.4, -0.2) is 20.7 Å². The third-order valence-electron chi connectivity index (χ3n) is 2.71. The lowest BCUT2D eigenvalue weighted by atomic mass is 10.1. The van der Waals surface area contributed by atoms with Crippen molar-refractivity contribution in [2.45, 2.75) is 13.5 Å². The van der Waals surface area contributed by atoms with Gasteiger partial charge in [0.1, 0.15) is 6.33 Å². The van der Waals surface area contributed by atoms with Crippen LogP contribution in [0.4, 0.5) is 5.69 Å². The zero-order valence-corrected chi connectivity index (χ0v) is 10.3. The van der Waals surface area contributed by atoms with Gasteiger partial charge in [0.2, 0.25) is 0 Å². The molecule has 94 valence electrons. The van der Waals surface area contributed by atoms with Crippen LogP contribution in [0.2, 0.25) is 0 Å². The van der Waals surface area contributed by atoms with Gasteiger partial charge in [0.15, 0.2) is 5.82 Å². The maximum Gasteiger partial charge on any atom is 0.251 e. The number of hydrogen-bond acceptors (Lipinski definition) is 4. The second-order valence-corrected chi connectivity index (χ2v) is 4.12. The lowest BCUT2D eigenvalue weighted by Gasteiger charge is -2.07. The van der Waals surface area contributed by atoms with E-state index in [0.29, 0.717) is 23.6 Å². The van der Waals surface area contributed by atoms with Crippen molar-refractivity contribution in [3.8, 4) is 0 Å². The van der Waals surface area contributed by atoms with Crippen LogP contribution < -0.4 is 11.1 Å². The highest BCUT2D eigenvalue weighted by atomic mass is 16.1. The number of nitrogen functional groups attached to an aromatic ring is 1. The summed E-state index contributed by atoms with van der Waals surface area (Å²) in [6, 6.07) is 5.21. The molecule has 1 aromatic carbocycles. The number of nitrogens with zero attached hydrogens (tertiary/aromatic N) is 3. The molecule has 0 aliphatic heterocycles. The van der Waals surface area contributed by atoms with Crippen LogP contribution in [0.3, 0.4) is 0 Å². The van der Waals surface area contributed by atoms with Gasteiger partial charge in [0, 0.05) is 18.3 Å². The van der Waals surface area contributed by atoms with Crippen molar-refractivity contribution in [3.05, 3.63) is 41.5 Å². The lowest BCUT2D eigenvalue weighted by molar-refractivity contribution is 0.0949. The summed E-state index contributed by atoms with van der Waals surface area (Å²) in [4.78, 5) is 12.0. The molecular weight excluding hydrogens is 230 g/mol. The highest BCUT2D eigenvalue weighted by molar-refractivity contribution is 5.95. The fraction of sp³-hybridized carbons (Fsp3) is 0.250. The van der Waals surface area contributed by atoms with E-state index >= 15 is 0 Å². The first-order chi connectivity index (χ1) is 8.58. The normalized spacial score (nSPS) is 10.3. The molecule has 0 fully saturated rings. The van der Waals surface area contributed by atoms with Crippen molar-refractivity contribution in [2.24, 2.45) is 7.05 Å². The molecule has 0 bridgehead atoms. The maximum absolute atomic E-state index is 12.0. The summed E-state index contributed by atoms with van der Waals surface area (Å²) in [5.41, 5.74) is 7.76. The van der Waals surface area contributed by atoms with Crippen LogP contribution >= 0.6 is 0 Å². The number of carbonyl (C=O) groups excluding carboxylic acids is 1. The minimum atomic E-state index is -0.143. The Bertz CT molecular complexity index is 576. The minimum Gasteiger partial charge on any atom is -0.399 e. The Hall–Kier alpha value is -2.37. The summed E-state index contributed by atoms with van der Waals surface area (Å²) < 4.78 is 1.76. The van der Waals surface area contributed by atoms with Crippen molar-refractivity contribution in [1.29, 1.82) is 0 Å². The van der Waals surface area contributed by atoms with Gasteiger partial charge < -0.3 is 15.6 Å². The second-order valence-electron chi connectivity index (χ2n) is 4.12. The van der Waals surface area contributed by atoms with Crippen molar-refractivity contribution >= 4 is 11.6 Å². The summed E-state index contributed by atoms with van der Waals surface area (Å²) in [6.45, 7) is 2.20. The van der Waals surface area contributed by atoms with E-state index in [0.717, 1.165) is 5.56 Å². The Kier molecular flexibility index (Phi) is 3.27. The number of benzene rings is 1. The van der Waals surface area contributed by atoms with E-state index in [1.165, 1.54) is 0 Å². The quantitative estimate of drug-likeness (QED) is 0.777. The molecule has 0 saturated heterocycles. The van der Waals surface area contributed by atoms with Crippen LogP contribution in [0.15, 0.2) is 24.5 Å². The van der Waals surface area contributed by atoms with Crippen LogP contribution in [-0.2, 0) is 13.6 Å². The standard InChI is InChI=1S/C12H15N5O/c1-8-5-9(13)3-4-10(8)12(18)14-6-11-16-15-7-17(11)2/h3-5,7H,6,13H2,1-2H3,(H,14,18). The number of amides is 1. The molecule has 1 heterocycles. The largest absolute Gasteiger partial charge is 0.399 e. The Morgan fingerprint density at radius 3 is 2.89 bits per heavy atom. The molecule has 1 amide bonds. The van der Waals surface area contributed by atoms with E-state index < -0.39 is 0 Å². The third kappa shape index (κ3) is 2.48. The zero-order chi connectivity index (χ0) is 13.1. The number of anilines is 1. The van der Waals surface area contributed by atoms with E-state index in [2.05, 4.69) is 15.5 Å². The Labute approximate surface area is 105 Å². The Balaban J connectivity index is 2.06. The van der Waals surface area contributed by atoms with Gasteiger partial charge in [-0.2, -0.15) is 0 Å². The van der Waals surface area contributed by atoms with Crippen molar-refractivity contribution in [1.82, 2.24) is 20.1 Å². The van der Waals surface area contributed by atoms with Crippen molar-refractivity contribution < 1.29 is 4.79 Å². The number of rotatable bonds is 3. The van der Waals surface area contributed by atoms with E-state index in [1.54, 1.807) is 29.1 Å². The Morgan fingerprint density at radius 1 is 1.50 bits per heavy atom. The van der Waals surface area contributed by atoms with Crippen LogP contribution in [0.5, 0.6) is 0 Å². The van der Waals surface area contributed by atoms with E-state index in [1.807, 2.05) is 14.0 Å². The molecule has 0 saturated carbocycles. The molecule has 0 aliphatic carbocycles. The summed E-state index contributed by atoms with van der Waals surface area (Å²) in [5.74, 6) is 0.562. The van der Waals surface area contributed by atoms with Gasteiger partial charge >= 0.3 is 0 Å². The fourth-order valence-corrected chi connectivity index (χ4v) is 1.66. The summed E-state index contributed by atoms with van der Waals surface area (Å²) in [6.07, 6.45) is 1.59. The monoisotopic (exact) mass is 245 g/mol. The number of hydrogen-bond donors (Lipinski definition) is 2. The topological polar surface area (TPSA) is 85.8 Å². The number of aromatic nitrogens is 3.